The monoisotopic (exact) mass is 336 g/mol. The molecule has 0 saturated carbocycles. The lowest BCUT2D eigenvalue weighted by Crippen LogP contribution is -2.35. The number of aromatic nitrogens is 3. The molecule has 23 heavy (non-hydrogen) atoms. The van der Waals surface area contributed by atoms with E-state index in [0.29, 0.717) is 23.7 Å². The van der Waals surface area contributed by atoms with Crippen LogP contribution in [0, 0.1) is 5.41 Å². The van der Waals surface area contributed by atoms with Crippen molar-refractivity contribution in [3.05, 3.63) is 41.2 Å². The summed E-state index contributed by atoms with van der Waals surface area (Å²) in [7, 11) is 0. The van der Waals surface area contributed by atoms with Crippen molar-refractivity contribution < 1.29 is 9.90 Å². The van der Waals surface area contributed by atoms with Crippen LogP contribution in [0.4, 0.5) is 0 Å². The molecule has 0 radical (unpaired) electrons. The second-order valence-electron chi connectivity index (χ2n) is 6.40. The fourth-order valence-corrected chi connectivity index (χ4v) is 2.56. The topological polar surface area (TPSA) is 80.0 Å². The first-order chi connectivity index (χ1) is 10.8. The molecule has 7 heteroatoms. The Balaban J connectivity index is 2.01. The number of hydrogen-bond donors (Lipinski definition) is 2. The third-order valence-corrected chi connectivity index (χ3v) is 3.57. The number of nitrogens with one attached hydrogen (secondary N) is 1. The van der Waals surface area contributed by atoms with Crippen molar-refractivity contribution in [2.24, 2.45) is 5.41 Å². The molecule has 124 valence electrons. The lowest BCUT2D eigenvalue weighted by molar-refractivity contribution is 0.0897. The summed E-state index contributed by atoms with van der Waals surface area (Å²) in [6.07, 6.45) is 1.60. The second-order valence-corrected chi connectivity index (χ2v) is 6.84. The maximum atomic E-state index is 12.2. The van der Waals surface area contributed by atoms with Crippen molar-refractivity contribution in [1.82, 2.24) is 20.3 Å². The average Bonchev–Trinajstić information content (AvgIpc) is 2.93. The Kier molecular flexibility index (Phi) is 5.38. The minimum absolute atomic E-state index is 0.202. The Bertz CT molecular complexity index is 682. The molecule has 2 aromatic rings. The number of rotatable bonds is 6. The summed E-state index contributed by atoms with van der Waals surface area (Å²) in [4.78, 5) is 13.5. The number of benzene rings is 1. The van der Waals surface area contributed by atoms with Crippen LogP contribution in [0.1, 0.15) is 37.7 Å². The molecule has 2 rings (SSSR count). The molecule has 2 N–H and O–H groups in total. The van der Waals surface area contributed by atoms with Gasteiger partial charge in [0.2, 0.25) is 0 Å². The summed E-state index contributed by atoms with van der Waals surface area (Å²) in [6, 6.07) is 7.07. The summed E-state index contributed by atoms with van der Waals surface area (Å²) in [5, 5.41) is 21.1. The fourth-order valence-electron chi connectivity index (χ4n) is 2.37. The van der Waals surface area contributed by atoms with E-state index >= 15 is 0 Å². The third-order valence-electron chi connectivity index (χ3n) is 3.34. The Morgan fingerprint density at radius 1 is 1.48 bits per heavy atom. The Hall–Kier alpha value is -1.92. The van der Waals surface area contributed by atoms with E-state index in [0.717, 1.165) is 0 Å². The van der Waals surface area contributed by atoms with Gasteiger partial charge in [0.25, 0.3) is 5.91 Å². The quantitative estimate of drug-likeness (QED) is 0.849. The van der Waals surface area contributed by atoms with Crippen LogP contribution in [0.25, 0.3) is 5.69 Å². The third kappa shape index (κ3) is 5.04. The standard InChI is InChI=1S/C16H21ClN4O2/c1-11(22)8-16(2,3)10-18-15(23)14-9-19-21(20-14)13-6-4-5-12(17)7-13/h4-7,9,11,22H,8,10H2,1-3H3,(H,18,23). The van der Waals surface area contributed by atoms with E-state index in [-0.39, 0.29) is 17.0 Å². The Labute approximate surface area is 140 Å². The molecule has 0 saturated heterocycles. The van der Waals surface area contributed by atoms with Gasteiger partial charge in [0, 0.05) is 11.6 Å². The molecule has 0 fully saturated rings. The van der Waals surface area contributed by atoms with Crippen molar-refractivity contribution in [3.8, 4) is 5.69 Å². The predicted octanol–water partition coefficient (Wildman–Crippen LogP) is 2.45. The van der Waals surface area contributed by atoms with E-state index in [1.54, 1.807) is 31.2 Å². The molecule has 1 atom stereocenters. The van der Waals surface area contributed by atoms with Gasteiger partial charge in [-0.1, -0.05) is 31.5 Å². The van der Waals surface area contributed by atoms with Gasteiger partial charge in [0.1, 0.15) is 0 Å². The molecular formula is C16H21ClN4O2. The van der Waals surface area contributed by atoms with Crippen LogP contribution in [0.2, 0.25) is 5.02 Å². The molecule has 0 aliphatic carbocycles. The highest BCUT2D eigenvalue weighted by Crippen LogP contribution is 2.21. The number of amides is 1. The molecule has 0 bridgehead atoms. The van der Waals surface area contributed by atoms with Gasteiger partial charge in [-0.2, -0.15) is 9.90 Å². The van der Waals surface area contributed by atoms with E-state index in [9.17, 15) is 9.90 Å². The molecular weight excluding hydrogens is 316 g/mol. The Morgan fingerprint density at radius 2 is 2.22 bits per heavy atom. The minimum Gasteiger partial charge on any atom is -0.393 e. The summed E-state index contributed by atoms with van der Waals surface area (Å²) in [5.74, 6) is -0.294. The highest BCUT2D eigenvalue weighted by atomic mass is 35.5. The number of aliphatic hydroxyl groups excluding tert-OH is 1. The number of carbonyl (C=O) groups excluding carboxylic acids is 1. The molecule has 0 aliphatic rings. The van der Waals surface area contributed by atoms with Crippen molar-refractivity contribution >= 4 is 17.5 Å². The predicted molar refractivity (Wildman–Crippen MR) is 88.8 cm³/mol. The van der Waals surface area contributed by atoms with Gasteiger partial charge in [-0.3, -0.25) is 4.79 Å². The van der Waals surface area contributed by atoms with Crippen molar-refractivity contribution in [3.63, 3.8) is 0 Å². The van der Waals surface area contributed by atoms with Crippen LogP contribution in [-0.4, -0.2) is 38.7 Å². The second kappa shape index (κ2) is 7.10. The zero-order valence-electron chi connectivity index (χ0n) is 13.5. The number of nitrogens with zero attached hydrogens (tertiary/aromatic N) is 3. The maximum absolute atomic E-state index is 12.2. The molecule has 6 nitrogen and oxygen atoms in total. The van der Waals surface area contributed by atoms with Gasteiger partial charge in [-0.25, -0.2) is 0 Å². The van der Waals surface area contributed by atoms with Gasteiger partial charge in [0.15, 0.2) is 5.69 Å². The number of hydrogen-bond acceptors (Lipinski definition) is 4. The normalized spacial score (nSPS) is 12.9. The van der Waals surface area contributed by atoms with Crippen molar-refractivity contribution in [2.45, 2.75) is 33.3 Å². The van der Waals surface area contributed by atoms with Crippen LogP contribution in [0.3, 0.4) is 0 Å². The van der Waals surface area contributed by atoms with Crippen LogP contribution < -0.4 is 5.32 Å². The first kappa shape index (κ1) is 17.4. The minimum atomic E-state index is -0.411. The van der Waals surface area contributed by atoms with Crippen LogP contribution >= 0.6 is 11.6 Å². The highest BCUT2D eigenvalue weighted by Gasteiger charge is 2.22. The van der Waals surface area contributed by atoms with Crippen molar-refractivity contribution in [2.75, 3.05) is 6.54 Å². The smallest absolute Gasteiger partial charge is 0.273 e. The molecule has 1 heterocycles. The van der Waals surface area contributed by atoms with E-state index in [2.05, 4.69) is 15.5 Å². The first-order valence-corrected chi connectivity index (χ1v) is 7.79. The largest absolute Gasteiger partial charge is 0.393 e. The van der Waals surface area contributed by atoms with Crippen molar-refractivity contribution in [1.29, 1.82) is 0 Å². The summed E-state index contributed by atoms with van der Waals surface area (Å²) < 4.78 is 0. The zero-order valence-corrected chi connectivity index (χ0v) is 14.2. The number of aliphatic hydroxyl groups is 1. The van der Waals surface area contributed by atoms with E-state index in [4.69, 9.17) is 11.6 Å². The molecule has 1 aromatic heterocycles. The van der Waals surface area contributed by atoms with Gasteiger partial charge >= 0.3 is 0 Å². The fraction of sp³-hybridized carbons (Fsp3) is 0.438. The van der Waals surface area contributed by atoms with Crippen LogP contribution in [0.15, 0.2) is 30.5 Å². The van der Waals surface area contributed by atoms with Crippen LogP contribution in [-0.2, 0) is 0 Å². The van der Waals surface area contributed by atoms with E-state index in [1.807, 2.05) is 13.8 Å². The van der Waals surface area contributed by atoms with Gasteiger partial charge < -0.3 is 10.4 Å². The molecule has 1 aromatic carbocycles. The first-order valence-electron chi connectivity index (χ1n) is 7.41. The number of carbonyl (C=O) groups is 1. The summed E-state index contributed by atoms with van der Waals surface area (Å²) in [5.41, 5.74) is 0.719. The van der Waals surface area contributed by atoms with E-state index < -0.39 is 6.10 Å². The molecule has 1 unspecified atom stereocenters. The lowest BCUT2D eigenvalue weighted by atomic mass is 9.87. The zero-order chi connectivity index (χ0) is 17.0. The summed E-state index contributed by atoms with van der Waals surface area (Å²) in [6.45, 7) is 6.16. The molecule has 0 spiro atoms. The van der Waals surface area contributed by atoms with Gasteiger partial charge in [-0.05, 0) is 37.0 Å². The average molecular weight is 337 g/mol. The molecule has 0 aliphatic heterocycles. The maximum Gasteiger partial charge on any atom is 0.273 e. The SMILES string of the molecule is CC(O)CC(C)(C)CNC(=O)c1cnn(-c2cccc(Cl)c2)n1. The number of halogens is 1. The Morgan fingerprint density at radius 3 is 2.87 bits per heavy atom. The van der Waals surface area contributed by atoms with Gasteiger partial charge in [-0.15, -0.1) is 5.10 Å². The van der Waals surface area contributed by atoms with Crippen LogP contribution in [0.5, 0.6) is 0 Å². The van der Waals surface area contributed by atoms with Gasteiger partial charge in [0.05, 0.1) is 18.0 Å². The highest BCUT2D eigenvalue weighted by molar-refractivity contribution is 6.30. The lowest BCUT2D eigenvalue weighted by Gasteiger charge is -2.26. The summed E-state index contributed by atoms with van der Waals surface area (Å²) >= 11 is 5.94. The molecule has 1 amide bonds. The van der Waals surface area contributed by atoms with E-state index in [1.165, 1.54) is 11.0 Å².